The summed E-state index contributed by atoms with van der Waals surface area (Å²) in [5, 5.41) is 11.2. The van der Waals surface area contributed by atoms with Crippen LogP contribution in [0, 0.1) is 6.92 Å². The Hall–Kier alpha value is -1.75. The van der Waals surface area contributed by atoms with Crippen LogP contribution in [0.4, 0.5) is 0 Å². The highest BCUT2D eigenvalue weighted by Gasteiger charge is 2.14. The van der Waals surface area contributed by atoms with Crippen LogP contribution >= 0.6 is 0 Å². The van der Waals surface area contributed by atoms with Crippen LogP contribution in [0.25, 0.3) is 0 Å². The molecule has 17 heavy (non-hydrogen) atoms. The molecule has 0 spiro atoms. The molecule has 0 unspecified atom stereocenters. The van der Waals surface area contributed by atoms with Gasteiger partial charge in [-0.1, -0.05) is 0 Å². The zero-order valence-electron chi connectivity index (χ0n) is 9.66. The lowest BCUT2D eigenvalue weighted by Crippen LogP contribution is -2.26. The van der Waals surface area contributed by atoms with Crippen molar-refractivity contribution in [2.45, 2.75) is 13.5 Å². The average Bonchev–Trinajstić information content (AvgIpc) is 2.35. The van der Waals surface area contributed by atoms with Gasteiger partial charge >= 0.3 is 0 Å². The first-order valence-electron chi connectivity index (χ1n) is 5.47. The fraction of sp³-hybridized carbons (Fsp3) is 0.417. The van der Waals surface area contributed by atoms with Gasteiger partial charge in [0.2, 0.25) is 5.91 Å². The van der Waals surface area contributed by atoms with Crippen molar-refractivity contribution in [3.05, 3.63) is 23.3 Å². The van der Waals surface area contributed by atoms with Crippen LogP contribution in [0.15, 0.2) is 12.1 Å². The van der Waals surface area contributed by atoms with Gasteiger partial charge in [-0.25, -0.2) is 0 Å². The monoisotopic (exact) mass is 237 g/mol. The highest BCUT2D eigenvalue weighted by molar-refractivity contribution is 5.76. The predicted molar refractivity (Wildman–Crippen MR) is 61.1 cm³/mol. The number of aliphatic hydroxyl groups excluding tert-OH is 1. The molecular weight excluding hydrogens is 222 g/mol. The van der Waals surface area contributed by atoms with Crippen molar-refractivity contribution < 1.29 is 19.4 Å². The van der Waals surface area contributed by atoms with Gasteiger partial charge in [0.1, 0.15) is 19.8 Å². The van der Waals surface area contributed by atoms with E-state index in [1.807, 2.05) is 19.1 Å². The summed E-state index contributed by atoms with van der Waals surface area (Å²) in [6.45, 7) is 2.93. The number of aryl methyl sites for hydroxylation is 1. The highest BCUT2D eigenvalue weighted by Crippen LogP contribution is 2.32. The number of amides is 1. The van der Waals surface area contributed by atoms with Crippen molar-refractivity contribution in [1.82, 2.24) is 5.32 Å². The van der Waals surface area contributed by atoms with E-state index in [2.05, 4.69) is 5.32 Å². The summed E-state index contributed by atoms with van der Waals surface area (Å²) in [6, 6.07) is 3.76. The molecule has 1 aliphatic heterocycles. The minimum atomic E-state index is -0.496. The van der Waals surface area contributed by atoms with Gasteiger partial charge in [-0.05, 0) is 30.2 Å². The second kappa shape index (κ2) is 5.05. The van der Waals surface area contributed by atoms with E-state index in [1.54, 1.807) is 0 Å². The van der Waals surface area contributed by atoms with Gasteiger partial charge in [0.15, 0.2) is 11.5 Å². The maximum Gasteiger partial charge on any atom is 0.245 e. The summed E-state index contributed by atoms with van der Waals surface area (Å²) >= 11 is 0. The van der Waals surface area contributed by atoms with Gasteiger partial charge in [-0.3, -0.25) is 4.79 Å². The van der Waals surface area contributed by atoms with Crippen LogP contribution in [0.3, 0.4) is 0 Å². The second-order valence-corrected chi connectivity index (χ2v) is 3.86. The van der Waals surface area contributed by atoms with Crippen LogP contribution in [0.1, 0.15) is 11.1 Å². The van der Waals surface area contributed by atoms with E-state index < -0.39 is 6.61 Å². The molecule has 1 amide bonds. The molecule has 5 heteroatoms. The van der Waals surface area contributed by atoms with E-state index in [-0.39, 0.29) is 5.91 Å². The summed E-state index contributed by atoms with van der Waals surface area (Å²) in [6.07, 6.45) is 0. The first kappa shape index (κ1) is 11.7. The van der Waals surface area contributed by atoms with Crippen LogP contribution in [0.5, 0.6) is 11.5 Å². The fourth-order valence-corrected chi connectivity index (χ4v) is 1.67. The minimum absolute atomic E-state index is 0.377. The second-order valence-electron chi connectivity index (χ2n) is 3.86. The van der Waals surface area contributed by atoms with Crippen LogP contribution in [0.2, 0.25) is 0 Å². The summed E-state index contributed by atoms with van der Waals surface area (Å²) in [5.74, 6) is 1.06. The maximum absolute atomic E-state index is 11.0. The number of carbonyl (C=O) groups excluding carboxylic acids is 1. The molecule has 0 bridgehead atoms. The molecule has 0 aliphatic carbocycles. The van der Waals surface area contributed by atoms with Gasteiger partial charge in [0.25, 0.3) is 0 Å². The number of hydrogen-bond donors (Lipinski definition) is 2. The first-order valence-corrected chi connectivity index (χ1v) is 5.47. The Morgan fingerprint density at radius 2 is 2.00 bits per heavy atom. The normalized spacial score (nSPS) is 13.3. The lowest BCUT2D eigenvalue weighted by Gasteiger charge is -2.20. The summed E-state index contributed by atoms with van der Waals surface area (Å²) in [4.78, 5) is 11.0. The standard InChI is InChI=1S/C12H15NO4/c1-8-4-10-11(17-3-2-16-10)5-9(8)6-13-12(15)7-14/h4-5,14H,2-3,6-7H2,1H3,(H,13,15). The Morgan fingerprint density at radius 3 is 2.65 bits per heavy atom. The van der Waals surface area contributed by atoms with E-state index in [4.69, 9.17) is 14.6 Å². The summed E-state index contributed by atoms with van der Waals surface area (Å²) in [7, 11) is 0. The molecule has 0 radical (unpaired) electrons. The molecule has 0 fully saturated rings. The number of benzene rings is 1. The number of carbonyl (C=O) groups is 1. The molecule has 1 aromatic carbocycles. The largest absolute Gasteiger partial charge is 0.486 e. The Balaban J connectivity index is 2.14. The third kappa shape index (κ3) is 2.68. The van der Waals surface area contributed by atoms with Crippen molar-refractivity contribution in [1.29, 1.82) is 0 Å². The Kier molecular flexibility index (Phi) is 3.49. The van der Waals surface area contributed by atoms with E-state index in [1.165, 1.54) is 0 Å². The van der Waals surface area contributed by atoms with Gasteiger partial charge in [-0.15, -0.1) is 0 Å². The Labute approximate surface area is 99.3 Å². The lowest BCUT2D eigenvalue weighted by atomic mass is 10.1. The molecule has 0 saturated heterocycles. The zero-order chi connectivity index (χ0) is 12.3. The van der Waals surface area contributed by atoms with E-state index in [9.17, 15) is 4.79 Å². The molecule has 0 aromatic heterocycles. The van der Waals surface area contributed by atoms with E-state index >= 15 is 0 Å². The fourth-order valence-electron chi connectivity index (χ4n) is 1.67. The number of rotatable bonds is 3. The van der Waals surface area contributed by atoms with Crippen LogP contribution in [-0.2, 0) is 11.3 Å². The Morgan fingerprint density at radius 1 is 1.35 bits per heavy atom. The van der Waals surface area contributed by atoms with Gasteiger partial charge in [0.05, 0.1) is 0 Å². The third-order valence-electron chi connectivity index (χ3n) is 2.62. The van der Waals surface area contributed by atoms with Gasteiger partial charge in [0, 0.05) is 6.54 Å². The van der Waals surface area contributed by atoms with E-state index in [0.29, 0.717) is 25.5 Å². The number of aliphatic hydroxyl groups is 1. The molecule has 0 saturated carbocycles. The smallest absolute Gasteiger partial charge is 0.245 e. The highest BCUT2D eigenvalue weighted by atomic mass is 16.6. The Bertz CT molecular complexity index is 431. The zero-order valence-corrected chi connectivity index (χ0v) is 9.66. The third-order valence-corrected chi connectivity index (χ3v) is 2.62. The van der Waals surface area contributed by atoms with Crippen molar-refractivity contribution in [2.24, 2.45) is 0 Å². The first-order chi connectivity index (χ1) is 8.20. The quantitative estimate of drug-likeness (QED) is 0.797. The molecule has 0 atom stereocenters. The minimum Gasteiger partial charge on any atom is -0.486 e. The van der Waals surface area contributed by atoms with Crippen molar-refractivity contribution >= 4 is 5.91 Å². The molecule has 5 nitrogen and oxygen atoms in total. The number of ether oxygens (including phenoxy) is 2. The van der Waals surface area contributed by atoms with Crippen LogP contribution < -0.4 is 14.8 Å². The van der Waals surface area contributed by atoms with Crippen molar-refractivity contribution in [3.63, 3.8) is 0 Å². The molecular formula is C12H15NO4. The molecule has 2 N–H and O–H groups in total. The summed E-state index contributed by atoms with van der Waals surface area (Å²) in [5.41, 5.74) is 1.98. The molecule has 1 aliphatic rings. The van der Waals surface area contributed by atoms with E-state index in [0.717, 1.165) is 16.9 Å². The summed E-state index contributed by atoms with van der Waals surface area (Å²) < 4.78 is 10.9. The van der Waals surface area contributed by atoms with Crippen molar-refractivity contribution in [2.75, 3.05) is 19.8 Å². The number of fused-ring (bicyclic) bond motifs is 1. The lowest BCUT2D eigenvalue weighted by molar-refractivity contribution is -0.123. The topological polar surface area (TPSA) is 67.8 Å². The number of nitrogens with one attached hydrogen (secondary N) is 1. The molecule has 92 valence electrons. The predicted octanol–water partition coefficient (Wildman–Crippen LogP) is 0.375. The maximum atomic E-state index is 11.0. The van der Waals surface area contributed by atoms with Gasteiger partial charge in [-0.2, -0.15) is 0 Å². The van der Waals surface area contributed by atoms with Crippen LogP contribution in [-0.4, -0.2) is 30.8 Å². The number of hydrogen-bond acceptors (Lipinski definition) is 4. The van der Waals surface area contributed by atoms with Gasteiger partial charge < -0.3 is 19.9 Å². The SMILES string of the molecule is Cc1cc2c(cc1CNC(=O)CO)OCCO2. The molecule has 1 aromatic rings. The van der Waals surface area contributed by atoms with Crippen molar-refractivity contribution in [3.8, 4) is 11.5 Å². The average molecular weight is 237 g/mol. The molecule has 2 rings (SSSR count). The molecule has 1 heterocycles.